The summed E-state index contributed by atoms with van der Waals surface area (Å²) in [6, 6.07) is -0.828. The SMILES string of the molecule is CCCCCCCC/C=C\CCCCCCCCCCCC(=O)NC(COC1OC(CO)C(OC2OC(CO)C(O)C(O)C2O)C(O)C1O)C(O)CCCCCCCCCCCCCCCCCCCCCCCCCCCCCCCCCC. The van der Waals surface area contributed by atoms with Gasteiger partial charge in [-0.05, 0) is 38.5 Å². The normalized spacial score (nSPS) is 23.5. The molecule has 1 amide bonds. The lowest BCUT2D eigenvalue weighted by atomic mass is 9.97. The molecular weight excluding hydrogens is 1070 g/mol. The molecule has 85 heavy (non-hydrogen) atoms. The number of nitrogens with one attached hydrogen (secondary N) is 1. The van der Waals surface area contributed by atoms with Gasteiger partial charge in [0.25, 0.3) is 0 Å². The van der Waals surface area contributed by atoms with Crippen LogP contribution in [0.2, 0.25) is 0 Å². The Morgan fingerprint density at radius 2 is 0.741 bits per heavy atom. The Balaban J connectivity index is 1.63. The van der Waals surface area contributed by atoms with Gasteiger partial charge in [0.05, 0.1) is 32.0 Å². The molecular formula is C71H137NO13. The van der Waals surface area contributed by atoms with Gasteiger partial charge in [-0.25, -0.2) is 0 Å². The number of carbonyl (C=O) groups is 1. The zero-order valence-corrected chi connectivity index (χ0v) is 54.9. The molecule has 504 valence electrons. The molecule has 0 aromatic rings. The van der Waals surface area contributed by atoms with Gasteiger partial charge in [0, 0.05) is 6.42 Å². The van der Waals surface area contributed by atoms with Gasteiger partial charge in [0.15, 0.2) is 12.6 Å². The quantitative estimate of drug-likeness (QED) is 0.0204. The second kappa shape index (κ2) is 56.7. The van der Waals surface area contributed by atoms with Crippen LogP contribution in [0, 0.1) is 0 Å². The largest absolute Gasteiger partial charge is 0.394 e. The highest BCUT2D eigenvalue weighted by molar-refractivity contribution is 5.76. The van der Waals surface area contributed by atoms with Gasteiger partial charge >= 0.3 is 0 Å². The van der Waals surface area contributed by atoms with Crippen LogP contribution in [0.25, 0.3) is 0 Å². The monoisotopic (exact) mass is 1210 g/mol. The molecule has 2 rings (SSSR count). The van der Waals surface area contributed by atoms with E-state index in [0.717, 1.165) is 51.4 Å². The first-order valence-corrected chi connectivity index (χ1v) is 36.4. The highest BCUT2D eigenvalue weighted by atomic mass is 16.7. The van der Waals surface area contributed by atoms with E-state index in [1.54, 1.807) is 0 Å². The Labute approximate surface area is 520 Å². The lowest BCUT2D eigenvalue weighted by molar-refractivity contribution is -0.359. The minimum absolute atomic E-state index is 0.203. The van der Waals surface area contributed by atoms with Crippen LogP contribution in [0.15, 0.2) is 12.2 Å². The van der Waals surface area contributed by atoms with Crippen molar-refractivity contribution in [3.63, 3.8) is 0 Å². The molecule has 12 unspecified atom stereocenters. The first-order chi connectivity index (χ1) is 41.6. The number of hydrogen-bond acceptors (Lipinski definition) is 13. The number of hydrogen-bond donors (Lipinski definition) is 9. The van der Waals surface area contributed by atoms with Crippen LogP contribution in [-0.2, 0) is 23.7 Å². The predicted molar refractivity (Wildman–Crippen MR) is 346 cm³/mol. The smallest absolute Gasteiger partial charge is 0.220 e. The third-order valence-electron chi connectivity index (χ3n) is 18.2. The molecule has 9 N–H and O–H groups in total. The Morgan fingerprint density at radius 1 is 0.412 bits per heavy atom. The molecule has 0 radical (unpaired) electrons. The van der Waals surface area contributed by atoms with Crippen LogP contribution in [0.3, 0.4) is 0 Å². The van der Waals surface area contributed by atoms with E-state index in [0.29, 0.717) is 12.8 Å². The molecule has 0 aromatic heterocycles. The Kier molecular flexibility index (Phi) is 53.2. The minimum atomic E-state index is -1.78. The zero-order valence-electron chi connectivity index (χ0n) is 54.9. The summed E-state index contributed by atoms with van der Waals surface area (Å²) in [5, 5.41) is 87.6. The highest BCUT2D eigenvalue weighted by Gasteiger charge is 2.51. The first-order valence-electron chi connectivity index (χ1n) is 36.4. The fourth-order valence-corrected chi connectivity index (χ4v) is 12.4. The molecule has 12 atom stereocenters. The molecule has 2 aliphatic rings. The summed E-state index contributed by atoms with van der Waals surface area (Å²) in [6.45, 7) is 2.91. The summed E-state index contributed by atoms with van der Waals surface area (Å²) < 4.78 is 22.9. The average molecular weight is 1210 g/mol. The van der Waals surface area contributed by atoms with E-state index >= 15 is 0 Å². The standard InChI is InChI=1S/C71H137NO13/c1-3-5-7-9-11-13-15-17-19-21-23-24-25-26-27-28-29-30-31-32-33-34-35-37-38-40-42-44-46-48-50-52-54-60(75)59(72-63(76)55-53-51-49-47-45-43-41-39-36-22-20-18-16-14-12-10-8-6-4-2)58-82-70-68(81)66(79)69(62(57-74)84-70)85-71-67(80)65(78)64(77)61(56-73)83-71/h18,20,59-62,64-71,73-75,77-81H,3-17,19,21-58H2,1-2H3,(H,72,76)/b20-18-. The molecule has 2 saturated heterocycles. The van der Waals surface area contributed by atoms with Crippen LogP contribution < -0.4 is 5.32 Å². The fraction of sp³-hybridized carbons (Fsp3) is 0.958. The molecule has 0 spiro atoms. The molecule has 14 nitrogen and oxygen atoms in total. The second-order valence-corrected chi connectivity index (χ2v) is 26.1. The van der Waals surface area contributed by atoms with Crippen LogP contribution in [0.4, 0.5) is 0 Å². The summed E-state index contributed by atoms with van der Waals surface area (Å²) in [6.07, 6.45) is 52.4. The van der Waals surface area contributed by atoms with Crippen molar-refractivity contribution in [2.75, 3.05) is 19.8 Å². The lowest BCUT2D eigenvalue weighted by Crippen LogP contribution is -2.65. The number of carbonyl (C=O) groups excluding carboxylic acids is 1. The maximum atomic E-state index is 13.3. The third kappa shape index (κ3) is 41.0. The van der Waals surface area contributed by atoms with Crippen molar-refractivity contribution in [3.8, 4) is 0 Å². The van der Waals surface area contributed by atoms with Crippen molar-refractivity contribution >= 4 is 5.91 Å². The summed E-state index contributed by atoms with van der Waals surface area (Å²) in [5.41, 5.74) is 0. The van der Waals surface area contributed by atoms with Crippen LogP contribution >= 0.6 is 0 Å². The molecule has 0 bridgehead atoms. The molecule has 0 aliphatic carbocycles. The van der Waals surface area contributed by atoms with E-state index in [-0.39, 0.29) is 12.5 Å². The minimum Gasteiger partial charge on any atom is -0.394 e. The fourth-order valence-electron chi connectivity index (χ4n) is 12.4. The van der Waals surface area contributed by atoms with E-state index in [1.807, 2.05) is 0 Å². The van der Waals surface area contributed by atoms with E-state index in [9.17, 15) is 45.6 Å². The van der Waals surface area contributed by atoms with Crippen LogP contribution in [-0.4, -0.2) is 140 Å². The first kappa shape index (κ1) is 79.8. The van der Waals surface area contributed by atoms with Gasteiger partial charge in [0.2, 0.25) is 5.91 Å². The van der Waals surface area contributed by atoms with Gasteiger partial charge in [-0.2, -0.15) is 0 Å². The van der Waals surface area contributed by atoms with E-state index < -0.39 is 86.8 Å². The molecule has 0 aromatic carbocycles. The van der Waals surface area contributed by atoms with Gasteiger partial charge < -0.3 is 65.1 Å². The Hall–Kier alpha value is -1.27. The van der Waals surface area contributed by atoms with E-state index in [4.69, 9.17) is 18.9 Å². The number of ether oxygens (including phenoxy) is 4. The summed E-state index contributed by atoms with van der Waals surface area (Å²) >= 11 is 0. The maximum Gasteiger partial charge on any atom is 0.220 e. The van der Waals surface area contributed by atoms with Gasteiger partial charge in [0.1, 0.15) is 48.8 Å². The molecule has 0 saturated carbocycles. The van der Waals surface area contributed by atoms with Crippen LogP contribution in [0.5, 0.6) is 0 Å². The Morgan fingerprint density at radius 3 is 1.12 bits per heavy atom. The molecule has 2 aliphatic heterocycles. The number of unbranched alkanes of at least 4 members (excludes halogenated alkanes) is 46. The van der Waals surface area contributed by atoms with Crippen molar-refractivity contribution in [1.82, 2.24) is 5.32 Å². The van der Waals surface area contributed by atoms with Crippen molar-refractivity contribution in [3.05, 3.63) is 12.2 Å². The number of aliphatic hydroxyl groups excluding tert-OH is 8. The highest BCUT2D eigenvalue weighted by Crippen LogP contribution is 2.30. The van der Waals surface area contributed by atoms with Crippen LogP contribution in [0.1, 0.15) is 341 Å². The molecule has 2 fully saturated rings. The zero-order chi connectivity index (χ0) is 61.6. The average Bonchev–Trinajstić information content (AvgIpc) is 3.69. The van der Waals surface area contributed by atoms with E-state index in [1.165, 1.54) is 263 Å². The number of amides is 1. The summed E-state index contributed by atoms with van der Waals surface area (Å²) in [7, 11) is 0. The molecule has 2 heterocycles. The van der Waals surface area contributed by atoms with Crippen molar-refractivity contribution in [2.45, 2.75) is 415 Å². The van der Waals surface area contributed by atoms with Crippen molar-refractivity contribution < 1.29 is 64.6 Å². The second-order valence-electron chi connectivity index (χ2n) is 26.1. The predicted octanol–water partition coefficient (Wildman–Crippen LogP) is 15.0. The Bertz CT molecular complexity index is 1470. The van der Waals surface area contributed by atoms with Crippen molar-refractivity contribution in [1.29, 1.82) is 0 Å². The van der Waals surface area contributed by atoms with Gasteiger partial charge in [-0.15, -0.1) is 0 Å². The summed E-state index contributed by atoms with van der Waals surface area (Å²) in [4.78, 5) is 13.3. The summed E-state index contributed by atoms with van der Waals surface area (Å²) in [5.74, 6) is -0.203. The lowest BCUT2D eigenvalue weighted by Gasteiger charge is -2.46. The molecule has 14 heteroatoms. The van der Waals surface area contributed by atoms with Gasteiger partial charge in [-0.1, -0.05) is 309 Å². The van der Waals surface area contributed by atoms with E-state index in [2.05, 4.69) is 31.3 Å². The topological polar surface area (TPSA) is 228 Å². The van der Waals surface area contributed by atoms with Gasteiger partial charge in [-0.3, -0.25) is 4.79 Å². The number of rotatable bonds is 61. The van der Waals surface area contributed by atoms with Crippen molar-refractivity contribution in [2.24, 2.45) is 0 Å². The number of allylic oxidation sites excluding steroid dienone is 2. The maximum absolute atomic E-state index is 13.3. The number of aliphatic hydroxyl groups is 8. The third-order valence-corrected chi connectivity index (χ3v) is 18.2.